The van der Waals surface area contributed by atoms with Crippen molar-refractivity contribution in [2.24, 2.45) is 0 Å². The van der Waals surface area contributed by atoms with Crippen molar-refractivity contribution in [2.45, 2.75) is 36.4 Å². The maximum absolute atomic E-state index is 14.2. The molecule has 3 aliphatic heterocycles. The van der Waals surface area contributed by atoms with Crippen molar-refractivity contribution < 1.29 is 18.0 Å². The number of halogens is 3. The fraction of sp³-hybridized carbons (Fsp3) is 0.346. The van der Waals surface area contributed by atoms with Crippen molar-refractivity contribution in [3.63, 3.8) is 0 Å². The van der Waals surface area contributed by atoms with Crippen LogP contribution in [0.3, 0.4) is 0 Å². The second-order valence-corrected chi connectivity index (χ2v) is 14.0. The van der Waals surface area contributed by atoms with Gasteiger partial charge in [0.05, 0.1) is 11.9 Å². The zero-order chi connectivity index (χ0) is 28.4. The number of urea groups is 1. The molecule has 6 rings (SSSR count). The minimum Gasteiger partial charge on any atom is -0.338 e. The van der Waals surface area contributed by atoms with Crippen LogP contribution in [-0.4, -0.2) is 71.3 Å². The summed E-state index contributed by atoms with van der Waals surface area (Å²) >= 11 is 16.0. The van der Waals surface area contributed by atoms with Gasteiger partial charge in [-0.3, -0.25) is 9.36 Å². The molecule has 2 fully saturated rings. The summed E-state index contributed by atoms with van der Waals surface area (Å²) < 4.78 is 32.1. The predicted octanol–water partition coefficient (Wildman–Crippen LogP) is 4.38. The summed E-state index contributed by atoms with van der Waals surface area (Å²) in [5.41, 5.74) is -0.0989. The van der Waals surface area contributed by atoms with E-state index in [1.165, 1.54) is 20.0 Å². The molecule has 3 aliphatic rings. The number of nitrogens with one attached hydrogen (secondary N) is 1. The van der Waals surface area contributed by atoms with E-state index >= 15 is 0 Å². The highest BCUT2D eigenvalue weighted by Gasteiger charge is 2.53. The normalized spacial score (nSPS) is 23.2. The number of sulfonamides is 1. The summed E-state index contributed by atoms with van der Waals surface area (Å²) in [6.07, 6.45) is 2.16. The standard InChI is InChI=1S/C26H25BrCl2N6O4S/c1-26(13-16-2-4-17(27)5-3-16)23(36)34(21-11-18(28)10-19(29)12-21)24-31-14-22(35(24)26)40(38,39)32-8-9-33-20(15-32)6-7-30-25(33)37/h2-5,10-12,14,20H,6-9,13,15H2,1H3,(H,30,37). The molecule has 0 spiro atoms. The van der Waals surface area contributed by atoms with E-state index in [2.05, 4.69) is 26.2 Å². The summed E-state index contributed by atoms with van der Waals surface area (Å²) in [4.78, 5) is 34.0. The maximum atomic E-state index is 14.2. The fourth-order valence-corrected chi connectivity index (χ4v) is 8.19. The number of rotatable bonds is 5. The van der Waals surface area contributed by atoms with Gasteiger partial charge in [-0.15, -0.1) is 0 Å². The Morgan fingerprint density at radius 2 is 1.80 bits per heavy atom. The van der Waals surface area contributed by atoms with Gasteiger partial charge in [0.15, 0.2) is 5.03 Å². The van der Waals surface area contributed by atoms with Gasteiger partial charge in [0.2, 0.25) is 5.95 Å². The first kappa shape index (κ1) is 27.5. The molecule has 40 heavy (non-hydrogen) atoms. The SMILES string of the molecule is CC1(Cc2ccc(Br)cc2)C(=O)N(c2cc(Cl)cc(Cl)c2)c2ncc(S(=O)(=O)N3CCN4C(=O)NCCC4C3)n21. The van der Waals surface area contributed by atoms with Gasteiger partial charge in [-0.2, -0.15) is 4.31 Å². The lowest BCUT2D eigenvalue weighted by molar-refractivity contribution is -0.124. The first-order valence-electron chi connectivity index (χ1n) is 12.7. The fourth-order valence-electron chi connectivity index (χ4n) is 5.75. The molecule has 0 saturated carbocycles. The summed E-state index contributed by atoms with van der Waals surface area (Å²) in [6.45, 7) is 2.79. The van der Waals surface area contributed by atoms with E-state index < -0.39 is 15.6 Å². The number of piperazine rings is 1. The van der Waals surface area contributed by atoms with E-state index in [0.717, 1.165) is 10.0 Å². The molecule has 1 N–H and O–H groups in total. The molecule has 0 aliphatic carbocycles. The van der Waals surface area contributed by atoms with Crippen LogP contribution in [0.15, 0.2) is 58.2 Å². The topological polar surface area (TPSA) is 108 Å². The van der Waals surface area contributed by atoms with Gasteiger partial charge in [-0.05, 0) is 49.2 Å². The number of nitrogens with zero attached hydrogens (tertiary/aromatic N) is 5. The molecule has 4 heterocycles. The summed E-state index contributed by atoms with van der Waals surface area (Å²) in [6, 6.07) is 11.9. The average Bonchev–Trinajstić information content (AvgIpc) is 3.43. The van der Waals surface area contributed by atoms with Gasteiger partial charge in [0.25, 0.3) is 15.9 Å². The summed E-state index contributed by atoms with van der Waals surface area (Å²) in [7, 11) is -4.09. The molecule has 1 aromatic heterocycles. The minimum absolute atomic E-state index is 0.0835. The van der Waals surface area contributed by atoms with E-state index in [9.17, 15) is 18.0 Å². The smallest absolute Gasteiger partial charge is 0.317 e. The Labute approximate surface area is 250 Å². The molecular formula is C26H25BrCl2N6O4S. The highest BCUT2D eigenvalue weighted by atomic mass is 79.9. The van der Waals surface area contributed by atoms with Gasteiger partial charge in [-0.25, -0.2) is 23.1 Å². The number of carbonyl (C=O) groups is 2. The zero-order valence-electron chi connectivity index (χ0n) is 21.3. The number of amides is 3. The maximum Gasteiger partial charge on any atom is 0.317 e. The van der Waals surface area contributed by atoms with Crippen LogP contribution in [0.1, 0.15) is 18.9 Å². The zero-order valence-corrected chi connectivity index (χ0v) is 25.3. The Morgan fingerprint density at radius 1 is 1.10 bits per heavy atom. The van der Waals surface area contributed by atoms with Gasteiger partial charge in [-0.1, -0.05) is 51.3 Å². The van der Waals surface area contributed by atoms with Crippen LogP contribution >= 0.6 is 39.1 Å². The summed E-state index contributed by atoms with van der Waals surface area (Å²) in [5.74, 6) is -0.195. The lowest BCUT2D eigenvalue weighted by Gasteiger charge is -2.43. The van der Waals surface area contributed by atoms with E-state index in [-0.39, 0.29) is 55.0 Å². The number of hydrogen-bond acceptors (Lipinski definition) is 5. The van der Waals surface area contributed by atoms with Gasteiger partial charge in [0.1, 0.15) is 5.54 Å². The minimum atomic E-state index is -4.09. The van der Waals surface area contributed by atoms with E-state index in [4.69, 9.17) is 23.2 Å². The number of hydrogen-bond donors (Lipinski definition) is 1. The van der Waals surface area contributed by atoms with Crippen molar-refractivity contribution in [1.29, 1.82) is 0 Å². The van der Waals surface area contributed by atoms with Crippen molar-refractivity contribution in [3.8, 4) is 0 Å². The van der Waals surface area contributed by atoms with Crippen LogP contribution in [0.25, 0.3) is 0 Å². The number of fused-ring (bicyclic) bond motifs is 2. The van der Waals surface area contributed by atoms with Gasteiger partial charge >= 0.3 is 6.03 Å². The largest absolute Gasteiger partial charge is 0.338 e. The molecule has 210 valence electrons. The summed E-state index contributed by atoms with van der Waals surface area (Å²) in [5, 5.41) is 3.38. The second kappa shape index (κ2) is 10.0. The molecule has 0 radical (unpaired) electrons. The highest BCUT2D eigenvalue weighted by molar-refractivity contribution is 9.10. The van der Waals surface area contributed by atoms with Crippen LogP contribution in [0, 0.1) is 0 Å². The third kappa shape index (κ3) is 4.50. The average molecular weight is 668 g/mol. The Balaban J connectivity index is 1.45. The highest BCUT2D eigenvalue weighted by Crippen LogP contribution is 2.45. The molecule has 2 saturated heterocycles. The second-order valence-electron chi connectivity index (χ2n) is 10.3. The quantitative estimate of drug-likeness (QED) is 0.435. The van der Waals surface area contributed by atoms with E-state index in [1.54, 1.807) is 30.0 Å². The van der Waals surface area contributed by atoms with Gasteiger partial charge < -0.3 is 10.2 Å². The Hall–Kier alpha value is -2.64. The molecule has 14 heteroatoms. The molecular weight excluding hydrogens is 643 g/mol. The van der Waals surface area contributed by atoms with Crippen LogP contribution in [0.2, 0.25) is 10.0 Å². The van der Waals surface area contributed by atoms with E-state index in [1.807, 2.05) is 24.3 Å². The first-order valence-corrected chi connectivity index (χ1v) is 15.7. The lowest BCUT2D eigenvalue weighted by atomic mass is 9.92. The molecule has 3 aromatic rings. The third-order valence-corrected chi connectivity index (χ3v) is 10.5. The number of aromatic nitrogens is 2. The number of benzene rings is 2. The van der Waals surface area contributed by atoms with Crippen molar-refractivity contribution in [1.82, 2.24) is 24.1 Å². The molecule has 2 aromatic carbocycles. The molecule has 2 unspecified atom stereocenters. The van der Waals surface area contributed by atoms with Crippen LogP contribution < -0.4 is 10.2 Å². The number of carbonyl (C=O) groups excluding carboxylic acids is 2. The molecule has 2 atom stereocenters. The molecule has 0 bridgehead atoms. The van der Waals surface area contributed by atoms with Crippen LogP contribution in [-0.2, 0) is 26.8 Å². The van der Waals surface area contributed by atoms with Gasteiger partial charge in [0, 0.05) is 53.2 Å². The van der Waals surface area contributed by atoms with E-state index in [0.29, 0.717) is 28.7 Å². The van der Waals surface area contributed by atoms with Crippen molar-refractivity contribution in [2.75, 3.05) is 31.1 Å². The van der Waals surface area contributed by atoms with Crippen molar-refractivity contribution in [3.05, 3.63) is 68.7 Å². The molecule has 10 nitrogen and oxygen atoms in total. The Morgan fingerprint density at radius 3 is 2.50 bits per heavy atom. The number of anilines is 2. The van der Waals surface area contributed by atoms with Crippen LogP contribution in [0.5, 0.6) is 0 Å². The monoisotopic (exact) mass is 666 g/mol. The number of imidazole rings is 1. The predicted molar refractivity (Wildman–Crippen MR) is 155 cm³/mol. The first-order chi connectivity index (χ1) is 19.0. The lowest BCUT2D eigenvalue weighted by Crippen LogP contribution is -2.62. The Bertz CT molecular complexity index is 1610. The molecule has 3 amide bonds. The van der Waals surface area contributed by atoms with Crippen molar-refractivity contribution >= 4 is 72.7 Å². The van der Waals surface area contributed by atoms with Crippen LogP contribution in [0.4, 0.5) is 16.4 Å². The Kier molecular flexibility index (Phi) is 6.89. The third-order valence-electron chi connectivity index (χ3n) is 7.70.